The SMILES string of the molecule is COc1ccc(F)cc1C(NN)C1CN(C)CCO1. The highest BCUT2D eigenvalue weighted by molar-refractivity contribution is 5.37. The molecule has 1 aliphatic heterocycles. The third-order valence-electron chi connectivity index (χ3n) is 3.37. The highest BCUT2D eigenvalue weighted by Gasteiger charge is 2.29. The largest absolute Gasteiger partial charge is 0.496 e. The van der Waals surface area contributed by atoms with Crippen LogP contribution < -0.4 is 16.0 Å². The number of morpholine rings is 1. The maximum Gasteiger partial charge on any atom is 0.123 e. The minimum absolute atomic E-state index is 0.139. The van der Waals surface area contributed by atoms with E-state index in [1.165, 1.54) is 12.1 Å². The molecule has 106 valence electrons. The number of nitrogens with zero attached hydrogens (tertiary/aromatic N) is 1. The lowest BCUT2D eigenvalue weighted by Crippen LogP contribution is -2.48. The fourth-order valence-corrected chi connectivity index (χ4v) is 2.36. The van der Waals surface area contributed by atoms with Crippen molar-refractivity contribution in [3.05, 3.63) is 29.6 Å². The lowest BCUT2D eigenvalue weighted by atomic mass is 9.99. The molecule has 0 spiro atoms. The Balaban J connectivity index is 2.27. The van der Waals surface area contributed by atoms with E-state index >= 15 is 0 Å². The number of methoxy groups -OCH3 is 1. The summed E-state index contributed by atoms with van der Waals surface area (Å²) in [7, 11) is 3.57. The van der Waals surface area contributed by atoms with E-state index in [1.807, 2.05) is 7.05 Å². The van der Waals surface area contributed by atoms with Crippen LogP contribution in [0.3, 0.4) is 0 Å². The van der Waals surface area contributed by atoms with Crippen molar-refractivity contribution >= 4 is 0 Å². The Labute approximate surface area is 112 Å². The van der Waals surface area contributed by atoms with E-state index in [4.69, 9.17) is 15.3 Å². The minimum Gasteiger partial charge on any atom is -0.496 e. The molecule has 2 atom stereocenters. The topological polar surface area (TPSA) is 59.8 Å². The van der Waals surface area contributed by atoms with Crippen LogP contribution in [-0.2, 0) is 4.74 Å². The molecule has 0 aliphatic carbocycles. The molecule has 5 nitrogen and oxygen atoms in total. The van der Waals surface area contributed by atoms with Crippen molar-refractivity contribution in [3.63, 3.8) is 0 Å². The summed E-state index contributed by atoms with van der Waals surface area (Å²) in [5.41, 5.74) is 3.38. The number of ether oxygens (including phenoxy) is 2. The van der Waals surface area contributed by atoms with Gasteiger partial charge in [-0.2, -0.15) is 0 Å². The molecule has 3 N–H and O–H groups in total. The van der Waals surface area contributed by atoms with Gasteiger partial charge in [0.2, 0.25) is 0 Å². The molecule has 2 rings (SSSR count). The van der Waals surface area contributed by atoms with Crippen molar-refractivity contribution in [2.75, 3.05) is 33.9 Å². The molecule has 0 radical (unpaired) electrons. The zero-order valence-corrected chi connectivity index (χ0v) is 11.2. The van der Waals surface area contributed by atoms with Gasteiger partial charge in [-0.05, 0) is 25.2 Å². The normalized spacial score (nSPS) is 22.2. The van der Waals surface area contributed by atoms with Gasteiger partial charge in [-0.15, -0.1) is 0 Å². The molecule has 1 fully saturated rings. The van der Waals surface area contributed by atoms with Gasteiger partial charge in [0.15, 0.2) is 0 Å². The Morgan fingerprint density at radius 2 is 2.37 bits per heavy atom. The smallest absolute Gasteiger partial charge is 0.123 e. The molecule has 1 aliphatic rings. The summed E-state index contributed by atoms with van der Waals surface area (Å²) in [6, 6.07) is 4.08. The van der Waals surface area contributed by atoms with E-state index in [2.05, 4.69) is 10.3 Å². The number of nitrogens with one attached hydrogen (secondary N) is 1. The zero-order chi connectivity index (χ0) is 13.8. The number of rotatable bonds is 4. The predicted molar refractivity (Wildman–Crippen MR) is 70.3 cm³/mol. The molecular formula is C13H20FN3O2. The van der Waals surface area contributed by atoms with Crippen LogP contribution in [0.25, 0.3) is 0 Å². The molecule has 6 heteroatoms. The molecular weight excluding hydrogens is 249 g/mol. The van der Waals surface area contributed by atoms with Crippen LogP contribution in [0.4, 0.5) is 4.39 Å². The third-order valence-corrected chi connectivity index (χ3v) is 3.37. The fraction of sp³-hybridized carbons (Fsp3) is 0.538. The Hall–Kier alpha value is -1.21. The first-order valence-corrected chi connectivity index (χ1v) is 6.25. The van der Waals surface area contributed by atoms with Gasteiger partial charge in [0, 0.05) is 18.7 Å². The Bertz CT molecular complexity index is 430. The van der Waals surface area contributed by atoms with E-state index in [9.17, 15) is 4.39 Å². The van der Waals surface area contributed by atoms with E-state index in [0.29, 0.717) is 17.9 Å². The molecule has 0 aromatic heterocycles. The second-order valence-corrected chi connectivity index (χ2v) is 4.70. The van der Waals surface area contributed by atoms with Crippen molar-refractivity contribution in [1.82, 2.24) is 10.3 Å². The van der Waals surface area contributed by atoms with E-state index < -0.39 is 0 Å². The molecule has 1 heterocycles. The quantitative estimate of drug-likeness (QED) is 0.621. The summed E-state index contributed by atoms with van der Waals surface area (Å²) in [4.78, 5) is 2.16. The van der Waals surface area contributed by atoms with Gasteiger partial charge in [0.25, 0.3) is 0 Å². The molecule has 1 aromatic carbocycles. The molecule has 1 saturated heterocycles. The number of benzene rings is 1. The highest BCUT2D eigenvalue weighted by atomic mass is 19.1. The summed E-state index contributed by atoms with van der Waals surface area (Å²) in [5, 5.41) is 0. The highest BCUT2D eigenvalue weighted by Crippen LogP contribution is 2.30. The summed E-state index contributed by atoms with van der Waals surface area (Å²) < 4.78 is 24.5. The number of likely N-dealkylation sites (N-methyl/N-ethyl adjacent to an activating group) is 1. The molecule has 0 saturated carbocycles. The molecule has 0 bridgehead atoms. The number of hydrazine groups is 1. The second-order valence-electron chi connectivity index (χ2n) is 4.70. The van der Waals surface area contributed by atoms with Crippen molar-refractivity contribution in [1.29, 1.82) is 0 Å². The summed E-state index contributed by atoms with van der Waals surface area (Å²) >= 11 is 0. The molecule has 19 heavy (non-hydrogen) atoms. The lowest BCUT2D eigenvalue weighted by molar-refractivity contribution is -0.0396. The van der Waals surface area contributed by atoms with Crippen LogP contribution >= 0.6 is 0 Å². The van der Waals surface area contributed by atoms with Gasteiger partial charge >= 0.3 is 0 Å². The maximum absolute atomic E-state index is 13.4. The predicted octanol–water partition coefficient (Wildman–Crippen LogP) is 0.669. The van der Waals surface area contributed by atoms with Gasteiger partial charge in [-0.1, -0.05) is 0 Å². The Kier molecular flexibility index (Phi) is 4.71. The van der Waals surface area contributed by atoms with Crippen LogP contribution in [0.1, 0.15) is 11.6 Å². The minimum atomic E-state index is -0.319. The summed E-state index contributed by atoms with van der Waals surface area (Å²) in [6.45, 7) is 2.25. The van der Waals surface area contributed by atoms with Gasteiger partial charge < -0.3 is 14.4 Å². The average Bonchev–Trinajstić information content (AvgIpc) is 2.40. The standard InChI is InChI=1S/C13H20FN3O2/c1-17-5-6-19-12(8-17)13(16-15)10-7-9(14)3-4-11(10)18-2/h3-4,7,12-13,16H,5-6,8,15H2,1-2H3. The average molecular weight is 269 g/mol. The van der Waals surface area contributed by atoms with Crippen LogP contribution in [0, 0.1) is 5.82 Å². The number of nitrogens with two attached hydrogens (primary N) is 1. The van der Waals surface area contributed by atoms with Crippen molar-refractivity contribution in [3.8, 4) is 5.75 Å². The second kappa shape index (κ2) is 6.29. The Morgan fingerprint density at radius 1 is 1.58 bits per heavy atom. The first-order chi connectivity index (χ1) is 9.15. The first kappa shape index (κ1) is 14.2. The number of hydrogen-bond donors (Lipinski definition) is 2. The summed E-state index contributed by atoms with van der Waals surface area (Å²) in [6.07, 6.45) is -0.139. The van der Waals surface area contributed by atoms with Crippen LogP contribution in [0.5, 0.6) is 5.75 Å². The van der Waals surface area contributed by atoms with Gasteiger partial charge in [0.1, 0.15) is 11.6 Å². The monoisotopic (exact) mass is 269 g/mol. The molecule has 0 amide bonds. The lowest BCUT2D eigenvalue weighted by Gasteiger charge is -2.35. The van der Waals surface area contributed by atoms with Gasteiger partial charge in [0.05, 0.1) is 25.9 Å². The Morgan fingerprint density at radius 3 is 3.00 bits per heavy atom. The van der Waals surface area contributed by atoms with Crippen molar-refractivity contribution in [2.24, 2.45) is 5.84 Å². The molecule has 1 aromatic rings. The third kappa shape index (κ3) is 3.22. The van der Waals surface area contributed by atoms with Crippen LogP contribution in [0.2, 0.25) is 0 Å². The van der Waals surface area contributed by atoms with Crippen molar-refractivity contribution < 1.29 is 13.9 Å². The van der Waals surface area contributed by atoms with Crippen LogP contribution in [-0.4, -0.2) is 44.9 Å². The number of hydrogen-bond acceptors (Lipinski definition) is 5. The van der Waals surface area contributed by atoms with Gasteiger partial charge in [-0.25, -0.2) is 4.39 Å². The number of halogens is 1. The maximum atomic E-state index is 13.4. The summed E-state index contributed by atoms with van der Waals surface area (Å²) in [5.74, 6) is 5.91. The first-order valence-electron chi connectivity index (χ1n) is 6.25. The fourth-order valence-electron chi connectivity index (χ4n) is 2.36. The van der Waals surface area contributed by atoms with Crippen molar-refractivity contribution in [2.45, 2.75) is 12.1 Å². The van der Waals surface area contributed by atoms with E-state index in [1.54, 1.807) is 13.2 Å². The van der Waals surface area contributed by atoms with Gasteiger partial charge in [-0.3, -0.25) is 11.3 Å². The van der Waals surface area contributed by atoms with E-state index in [-0.39, 0.29) is 18.0 Å². The van der Waals surface area contributed by atoms with Crippen LogP contribution in [0.15, 0.2) is 18.2 Å². The molecule has 2 unspecified atom stereocenters. The zero-order valence-electron chi connectivity index (χ0n) is 11.2. The van der Waals surface area contributed by atoms with E-state index in [0.717, 1.165) is 13.1 Å².